The number of benzene rings is 2. The smallest absolute Gasteiger partial charge is 0.124 e. The molecule has 2 rings (SSSR count). The van der Waals surface area contributed by atoms with Crippen molar-refractivity contribution in [2.75, 3.05) is 6.61 Å². The Morgan fingerprint density at radius 1 is 1.21 bits per heavy atom. The summed E-state index contributed by atoms with van der Waals surface area (Å²) in [6, 6.07) is 12.8. The maximum Gasteiger partial charge on any atom is 0.124 e. The van der Waals surface area contributed by atoms with Gasteiger partial charge in [-0.05, 0) is 36.6 Å². The van der Waals surface area contributed by atoms with Gasteiger partial charge in [0.05, 0.1) is 6.61 Å². The van der Waals surface area contributed by atoms with Crippen molar-refractivity contribution < 1.29 is 9.50 Å². The second-order valence-electron chi connectivity index (χ2n) is 4.73. The van der Waals surface area contributed by atoms with Crippen LogP contribution in [-0.4, -0.2) is 11.7 Å². The monoisotopic (exact) mass is 322 g/mol. The molecule has 1 N–H and O–H groups in total. The normalized spacial score (nSPS) is 12.4. The Morgan fingerprint density at radius 2 is 2.00 bits per heavy atom. The summed E-state index contributed by atoms with van der Waals surface area (Å²) in [6.45, 7) is 2.11. The third-order valence-corrected chi connectivity index (χ3v) is 3.95. The fourth-order valence-electron chi connectivity index (χ4n) is 2.16. The van der Waals surface area contributed by atoms with E-state index in [2.05, 4.69) is 22.0 Å². The van der Waals surface area contributed by atoms with Gasteiger partial charge in [0.15, 0.2) is 0 Å². The first-order chi connectivity index (χ1) is 9.10. The Labute approximate surface area is 121 Å². The molecule has 0 aliphatic rings. The minimum Gasteiger partial charge on any atom is -0.396 e. The molecular formula is C16H16BrFO. The lowest BCUT2D eigenvalue weighted by molar-refractivity contribution is 0.264. The average molecular weight is 323 g/mol. The molecular weight excluding hydrogens is 307 g/mol. The molecule has 0 spiro atoms. The molecule has 19 heavy (non-hydrogen) atoms. The van der Waals surface area contributed by atoms with Gasteiger partial charge in [-0.2, -0.15) is 0 Å². The summed E-state index contributed by atoms with van der Waals surface area (Å²) in [5.74, 6) is -0.228. The van der Waals surface area contributed by atoms with Crippen molar-refractivity contribution >= 4 is 15.9 Å². The maximum atomic E-state index is 13.1. The predicted molar refractivity (Wildman–Crippen MR) is 78.8 cm³/mol. The van der Waals surface area contributed by atoms with E-state index in [0.29, 0.717) is 6.42 Å². The number of hydrogen-bond acceptors (Lipinski definition) is 1. The predicted octanol–water partition coefficient (Wildman–Crippen LogP) is 4.22. The Kier molecular flexibility index (Phi) is 4.72. The zero-order chi connectivity index (χ0) is 13.8. The third-order valence-electron chi connectivity index (χ3n) is 3.22. The zero-order valence-corrected chi connectivity index (χ0v) is 12.3. The fraction of sp³-hybridized carbons (Fsp3) is 0.250. The molecule has 0 heterocycles. The van der Waals surface area contributed by atoms with Gasteiger partial charge in [-0.3, -0.25) is 0 Å². The first-order valence-corrected chi connectivity index (χ1v) is 7.01. The number of aliphatic hydroxyl groups is 1. The van der Waals surface area contributed by atoms with Crippen molar-refractivity contribution in [3.63, 3.8) is 0 Å². The van der Waals surface area contributed by atoms with Gasteiger partial charge >= 0.3 is 0 Å². The number of aliphatic hydroxyl groups excluding tert-OH is 1. The standard InChI is InChI=1S/C16H16BrFO/c1-11-3-2-4-12(7-11)14(10-19)8-13-5-6-15(18)9-16(13)17/h2-7,9,14,19H,8,10H2,1H3. The van der Waals surface area contributed by atoms with Gasteiger partial charge < -0.3 is 5.11 Å². The van der Waals surface area contributed by atoms with Crippen LogP contribution < -0.4 is 0 Å². The molecule has 2 aromatic rings. The van der Waals surface area contributed by atoms with E-state index in [-0.39, 0.29) is 18.3 Å². The first kappa shape index (κ1) is 14.2. The summed E-state index contributed by atoms with van der Waals surface area (Å²) < 4.78 is 13.8. The number of aryl methyl sites for hydroxylation is 1. The SMILES string of the molecule is Cc1cccc(C(CO)Cc2ccc(F)cc2Br)c1. The molecule has 3 heteroatoms. The first-order valence-electron chi connectivity index (χ1n) is 6.21. The molecule has 0 radical (unpaired) electrons. The van der Waals surface area contributed by atoms with Crippen LogP contribution in [0.25, 0.3) is 0 Å². The number of rotatable bonds is 4. The molecule has 1 nitrogen and oxygen atoms in total. The average Bonchev–Trinajstić information content (AvgIpc) is 2.38. The van der Waals surface area contributed by atoms with E-state index in [1.54, 1.807) is 6.07 Å². The quantitative estimate of drug-likeness (QED) is 0.893. The van der Waals surface area contributed by atoms with Gasteiger partial charge in [0, 0.05) is 10.4 Å². The zero-order valence-electron chi connectivity index (χ0n) is 10.7. The maximum absolute atomic E-state index is 13.1. The highest BCUT2D eigenvalue weighted by molar-refractivity contribution is 9.10. The van der Waals surface area contributed by atoms with Crippen molar-refractivity contribution in [2.45, 2.75) is 19.3 Å². The van der Waals surface area contributed by atoms with Crippen molar-refractivity contribution in [3.05, 3.63) is 69.4 Å². The molecule has 0 aliphatic heterocycles. The van der Waals surface area contributed by atoms with Crippen LogP contribution in [0.15, 0.2) is 46.9 Å². The fourth-order valence-corrected chi connectivity index (χ4v) is 2.68. The molecule has 2 aromatic carbocycles. The topological polar surface area (TPSA) is 20.2 Å². The largest absolute Gasteiger partial charge is 0.396 e. The van der Waals surface area contributed by atoms with Gasteiger partial charge in [0.25, 0.3) is 0 Å². The number of halogens is 2. The van der Waals surface area contributed by atoms with Crippen LogP contribution in [0.3, 0.4) is 0 Å². The van der Waals surface area contributed by atoms with Crippen LogP contribution in [0.1, 0.15) is 22.6 Å². The van der Waals surface area contributed by atoms with E-state index in [1.807, 2.05) is 25.1 Å². The minimum absolute atomic E-state index is 0.0293. The van der Waals surface area contributed by atoms with E-state index < -0.39 is 0 Å². The Bertz CT molecular complexity index is 568. The van der Waals surface area contributed by atoms with Crippen molar-refractivity contribution in [3.8, 4) is 0 Å². The molecule has 0 amide bonds. The van der Waals surface area contributed by atoms with E-state index in [9.17, 15) is 9.50 Å². The van der Waals surface area contributed by atoms with Crippen LogP contribution in [0.2, 0.25) is 0 Å². The molecule has 1 atom stereocenters. The van der Waals surface area contributed by atoms with Gasteiger partial charge in [0.2, 0.25) is 0 Å². The van der Waals surface area contributed by atoms with E-state index in [1.165, 1.54) is 17.7 Å². The van der Waals surface area contributed by atoms with Gasteiger partial charge in [-0.15, -0.1) is 0 Å². The third kappa shape index (κ3) is 3.64. The summed E-state index contributed by atoms with van der Waals surface area (Å²) in [6.07, 6.45) is 0.681. The molecule has 0 fully saturated rings. The summed E-state index contributed by atoms with van der Waals surface area (Å²) >= 11 is 3.37. The molecule has 0 saturated heterocycles. The van der Waals surface area contributed by atoms with Crippen LogP contribution in [0, 0.1) is 12.7 Å². The highest BCUT2D eigenvalue weighted by atomic mass is 79.9. The summed E-state index contributed by atoms with van der Waals surface area (Å²) in [7, 11) is 0. The van der Waals surface area contributed by atoms with Crippen molar-refractivity contribution in [1.29, 1.82) is 0 Å². The summed E-state index contributed by atoms with van der Waals surface area (Å²) in [5, 5.41) is 9.59. The van der Waals surface area contributed by atoms with Crippen molar-refractivity contribution in [2.24, 2.45) is 0 Å². The lowest BCUT2D eigenvalue weighted by Gasteiger charge is -2.16. The molecule has 0 saturated carbocycles. The molecule has 1 unspecified atom stereocenters. The lowest BCUT2D eigenvalue weighted by atomic mass is 9.92. The van der Waals surface area contributed by atoms with Gasteiger partial charge in [0.1, 0.15) is 5.82 Å². The summed E-state index contributed by atoms with van der Waals surface area (Å²) in [5.41, 5.74) is 3.29. The Balaban J connectivity index is 2.24. The second kappa shape index (κ2) is 6.31. The molecule has 0 aliphatic carbocycles. The van der Waals surface area contributed by atoms with Crippen LogP contribution in [0.5, 0.6) is 0 Å². The highest BCUT2D eigenvalue weighted by Crippen LogP contribution is 2.26. The summed E-state index contributed by atoms with van der Waals surface area (Å²) in [4.78, 5) is 0. The van der Waals surface area contributed by atoms with E-state index in [4.69, 9.17) is 0 Å². The molecule has 0 aromatic heterocycles. The van der Waals surface area contributed by atoms with Crippen LogP contribution in [0.4, 0.5) is 4.39 Å². The van der Waals surface area contributed by atoms with Gasteiger partial charge in [-0.1, -0.05) is 51.8 Å². The Morgan fingerprint density at radius 3 is 2.63 bits per heavy atom. The molecule has 100 valence electrons. The highest BCUT2D eigenvalue weighted by Gasteiger charge is 2.13. The minimum atomic E-state index is -0.258. The Hall–Kier alpha value is -1.19. The van der Waals surface area contributed by atoms with Gasteiger partial charge in [-0.25, -0.2) is 4.39 Å². The van der Waals surface area contributed by atoms with E-state index in [0.717, 1.165) is 15.6 Å². The van der Waals surface area contributed by atoms with Crippen LogP contribution >= 0.6 is 15.9 Å². The second-order valence-corrected chi connectivity index (χ2v) is 5.59. The lowest BCUT2D eigenvalue weighted by Crippen LogP contribution is -2.08. The van der Waals surface area contributed by atoms with Crippen molar-refractivity contribution in [1.82, 2.24) is 0 Å². The van der Waals surface area contributed by atoms with Crippen LogP contribution in [-0.2, 0) is 6.42 Å². The van der Waals surface area contributed by atoms with E-state index >= 15 is 0 Å². The molecule has 0 bridgehead atoms. The number of hydrogen-bond donors (Lipinski definition) is 1.